The third-order valence-corrected chi connectivity index (χ3v) is 9.34. The highest BCUT2D eigenvalue weighted by atomic mass is 32.2. The van der Waals surface area contributed by atoms with Gasteiger partial charge in [-0.15, -0.1) is 11.3 Å². The van der Waals surface area contributed by atoms with Gasteiger partial charge in [0.2, 0.25) is 20.0 Å². The topological polar surface area (TPSA) is 83.5 Å². The fraction of sp³-hybridized carbons (Fsp3) is 0.500. The third kappa shape index (κ3) is 5.08. The van der Waals surface area contributed by atoms with E-state index in [9.17, 15) is 16.8 Å². The van der Waals surface area contributed by atoms with Crippen molar-refractivity contribution in [1.29, 1.82) is 0 Å². The smallest absolute Gasteiger partial charge is 0.207 e. The lowest BCUT2D eigenvalue weighted by Crippen LogP contribution is -2.36. The van der Waals surface area contributed by atoms with Gasteiger partial charge in [-0.3, -0.25) is 0 Å². The first-order valence-corrected chi connectivity index (χ1v) is 13.5. The lowest BCUT2D eigenvalue weighted by Gasteiger charge is -2.30. The lowest BCUT2D eigenvalue weighted by molar-refractivity contribution is 0.308. The molecule has 1 aromatic carbocycles. The number of nitrogens with one attached hydrogen (secondary N) is 1. The molecule has 0 bridgehead atoms. The Morgan fingerprint density at radius 3 is 2.03 bits per heavy atom. The molecule has 1 saturated heterocycles. The summed E-state index contributed by atoms with van der Waals surface area (Å²) < 4.78 is 55.8. The summed E-state index contributed by atoms with van der Waals surface area (Å²) in [4.78, 5) is 1.12. The standard InChI is InChI=1S/C20H28N2O4S3/c1-20(2,3)19(18-8-7-15-27-18)21-28(23,24)16-9-11-17(12-10-16)29(25,26)22-13-5-4-6-14-22/h7-12,15,19,21H,4-6,13-14H2,1-3H3/t19-/m1/s1. The van der Waals surface area contributed by atoms with Crippen molar-refractivity contribution < 1.29 is 16.8 Å². The maximum atomic E-state index is 13.0. The van der Waals surface area contributed by atoms with Crippen LogP contribution in [0.3, 0.4) is 0 Å². The van der Waals surface area contributed by atoms with E-state index < -0.39 is 20.0 Å². The summed E-state index contributed by atoms with van der Waals surface area (Å²) in [6, 6.07) is 8.93. The maximum Gasteiger partial charge on any atom is 0.243 e. The average Bonchev–Trinajstić information content (AvgIpc) is 3.20. The van der Waals surface area contributed by atoms with E-state index in [0.717, 1.165) is 24.1 Å². The largest absolute Gasteiger partial charge is 0.243 e. The van der Waals surface area contributed by atoms with Gasteiger partial charge in [0.1, 0.15) is 0 Å². The van der Waals surface area contributed by atoms with Gasteiger partial charge >= 0.3 is 0 Å². The zero-order valence-electron chi connectivity index (χ0n) is 17.0. The molecule has 0 radical (unpaired) electrons. The van der Waals surface area contributed by atoms with Crippen LogP contribution in [0, 0.1) is 5.41 Å². The Hall–Kier alpha value is -1.26. The molecule has 6 nitrogen and oxygen atoms in total. The second-order valence-electron chi connectivity index (χ2n) is 8.37. The first kappa shape index (κ1) is 22.4. The molecule has 1 aliphatic rings. The van der Waals surface area contributed by atoms with Crippen LogP contribution in [0.2, 0.25) is 0 Å². The number of nitrogens with zero attached hydrogens (tertiary/aromatic N) is 1. The Balaban J connectivity index is 1.84. The Labute approximate surface area is 178 Å². The minimum atomic E-state index is -3.81. The maximum absolute atomic E-state index is 13.0. The van der Waals surface area contributed by atoms with Crippen molar-refractivity contribution in [2.45, 2.75) is 55.9 Å². The van der Waals surface area contributed by atoms with Crippen LogP contribution >= 0.6 is 11.3 Å². The lowest BCUT2D eigenvalue weighted by atomic mass is 9.86. The van der Waals surface area contributed by atoms with Crippen LogP contribution in [0.5, 0.6) is 0 Å². The Kier molecular flexibility index (Phi) is 6.55. The van der Waals surface area contributed by atoms with Crippen LogP contribution in [0.4, 0.5) is 0 Å². The fourth-order valence-electron chi connectivity index (χ4n) is 3.39. The Morgan fingerprint density at radius 1 is 0.931 bits per heavy atom. The van der Waals surface area contributed by atoms with Crippen LogP contribution in [-0.4, -0.2) is 34.2 Å². The second kappa shape index (κ2) is 8.47. The van der Waals surface area contributed by atoms with Crippen molar-refractivity contribution in [1.82, 2.24) is 9.03 Å². The minimum Gasteiger partial charge on any atom is -0.207 e. The summed E-state index contributed by atoms with van der Waals surface area (Å²) in [6.07, 6.45) is 2.74. The summed E-state index contributed by atoms with van der Waals surface area (Å²) in [7, 11) is -7.39. The molecule has 160 valence electrons. The molecule has 0 aliphatic carbocycles. The summed E-state index contributed by atoms with van der Waals surface area (Å²) in [6.45, 7) is 6.96. The van der Waals surface area contributed by atoms with Gasteiger partial charge in [0.15, 0.2) is 0 Å². The number of rotatable bonds is 6. The van der Waals surface area contributed by atoms with Gasteiger partial charge < -0.3 is 0 Å². The van der Waals surface area contributed by atoms with E-state index in [-0.39, 0.29) is 21.2 Å². The predicted octanol–water partition coefficient (Wildman–Crippen LogP) is 3.99. The third-order valence-electron chi connectivity index (χ3n) is 5.05. The molecule has 3 rings (SSSR count). The van der Waals surface area contributed by atoms with E-state index >= 15 is 0 Å². The molecule has 1 N–H and O–H groups in total. The van der Waals surface area contributed by atoms with E-state index in [1.54, 1.807) is 0 Å². The summed E-state index contributed by atoms with van der Waals surface area (Å²) in [5.41, 5.74) is -0.324. The van der Waals surface area contributed by atoms with Crippen molar-refractivity contribution in [2.75, 3.05) is 13.1 Å². The number of piperidine rings is 1. The molecule has 1 aliphatic heterocycles. The van der Waals surface area contributed by atoms with Crippen molar-refractivity contribution >= 4 is 31.4 Å². The molecule has 0 amide bonds. The highest BCUT2D eigenvalue weighted by Crippen LogP contribution is 2.36. The number of sulfonamides is 2. The summed E-state index contributed by atoms with van der Waals surface area (Å²) in [5, 5.41) is 1.92. The van der Waals surface area contributed by atoms with Gasteiger partial charge in [0, 0.05) is 18.0 Å². The first-order chi connectivity index (χ1) is 13.5. The number of hydrogen-bond donors (Lipinski definition) is 1. The zero-order chi connectivity index (χ0) is 21.3. The van der Waals surface area contributed by atoms with E-state index in [0.29, 0.717) is 13.1 Å². The van der Waals surface area contributed by atoms with Gasteiger partial charge in [-0.25, -0.2) is 21.6 Å². The van der Waals surface area contributed by atoms with E-state index in [1.807, 2.05) is 38.3 Å². The zero-order valence-corrected chi connectivity index (χ0v) is 19.4. The van der Waals surface area contributed by atoms with E-state index in [4.69, 9.17) is 0 Å². The molecule has 0 saturated carbocycles. The average molecular weight is 457 g/mol. The molecule has 1 fully saturated rings. The molecule has 1 aromatic heterocycles. The van der Waals surface area contributed by atoms with Gasteiger partial charge in [-0.1, -0.05) is 33.3 Å². The van der Waals surface area contributed by atoms with E-state index in [2.05, 4.69) is 4.72 Å². The highest BCUT2D eigenvalue weighted by Gasteiger charge is 2.32. The van der Waals surface area contributed by atoms with Crippen molar-refractivity contribution in [2.24, 2.45) is 5.41 Å². The van der Waals surface area contributed by atoms with Crippen LogP contribution < -0.4 is 4.72 Å². The fourth-order valence-corrected chi connectivity index (χ4v) is 7.42. The number of hydrogen-bond acceptors (Lipinski definition) is 5. The molecule has 29 heavy (non-hydrogen) atoms. The van der Waals surface area contributed by atoms with Crippen LogP contribution in [0.1, 0.15) is 51.0 Å². The molecule has 2 aromatic rings. The predicted molar refractivity (Wildman–Crippen MR) is 116 cm³/mol. The SMILES string of the molecule is CC(C)(C)[C@H](NS(=O)(=O)c1ccc(S(=O)(=O)N2CCCCC2)cc1)c1cccs1. The molecule has 1 atom stereocenters. The Bertz CT molecular complexity index is 1020. The first-order valence-electron chi connectivity index (χ1n) is 9.68. The molecule has 0 unspecified atom stereocenters. The van der Waals surface area contributed by atoms with Crippen LogP contribution in [-0.2, 0) is 20.0 Å². The monoisotopic (exact) mass is 456 g/mol. The quantitative estimate of drug-likeness (QED) is 0.712. The second-order valence-corrected chi connectivity index (χ2v) is 13.0. The number of benzene rings is 1. The molecular weight excluding hydrogens is 428 g/mol. The molecule has 9 heteroatoms. The van der Waals surface area contributed by atoms with Crippen molar-refractivity contribution in [3.8, 4) is 0 Å². The van der Waals surface area contributed by atoms with Gasteiger partial charge in [-0.2, -0.15) is 4.31 Å². The van der Waals surface area contributed by atoms with Crippen LogP contribution in [0.15, 0.2) is 51.6 Å². The van der Waals surface area contributed by atoms with Gasteiger partial charge in [0.05, 0.1) is 15.8 Å². The van der Waals surface area contributed by atoms with Crippen molar-refractivity contribution in [3.05, 3.63) is 46.7 Å². The minimum absolute atomic E-state index is 0.0564. The Morgan fingerprint density at radius 2 is 1.52 bits per heavy atom. The normalized spacial score (nSPS) is 17.9. The molecule has 2 heterocycles. The molecule has 0 spiro atoms. The highest BCUT2D eigenvalue weighted by molar-refractivity contribution is 7.89. The van der Waals surface area contributed by atoms with Gasteiger partial charge in [0.25, 0.3) is 0 Å². The summed E-state index contributed by atoms with van der Waals surface area (Å²) in [5.74, 6) is 0. The van der Waals surface area contributed by atoms with Crippen molar-refractivity contribution in [3.63, 3.8) is 0 Å². The summed E-state index contributed by atoms with van der Waals surface area (Å²) >= 11 is 1.50. The van der Waals surface area contributed by atoms with Crippen LogP contribution in [0.25, 0.3) is 0 Å². The van der Waals surface area contributed by atoms with Gasteiger partial charge in [-0.05, 0) is 54.0 Å². The number of thiophene rings is 1. The molecular formula is C20H28N2O4S3. The van der Waals surface area contributed by atoms with E-state index in [1.165, 1.54) is 39.9 Å².